The molecule has 0 atom stereocenters. The van der Waals surface area contributed by atoms with Gasteiger partial charge in [-0.25, -0.2) is 0 Å². The van der Waals surface area contributed by atoms with Gasteiger partial charge in [-0.05, 0) is 18.9 Å². The molecule has 0 radical (unpaired) electrons. The Hall–Kier alpha value is -1.97. The van der Waals surface area contributed by atoms with Crippen LogP contribution in [0.25, 0.3) is 10.9 Å². The number of aliphatic carboxylic acids is 1. The van der Waals surface area contributed by atoms with E-state index in [1.807, 2.05) is 24.4 Å². The van der Waals surface area contributed by atoms with Crippen molar-refractivity contribution >= 4 is 22.6 Å². The number of anilines is 1. The molecule has 1 aromatic heterocycles. The van der Waals surface area contributed by atoms with E-state index in [4.69, 9.17) is 5.11 Å². The average Bonchev–Trinajstić information content (AvgIpc) is 2.72. The van der Waals surface area contributed by atoms with Gasteiger partial charge in [0.25, 0.3) is 0 Å². The van der Waals surface area contributed by atoms with E-state index >= 15 is 0 Å². The summed E-state index contributed by atoms with van der Waals surface area (Å²) in [5, 5.41) is 13.0. The summed E-state index contributed by atoms with van der Waals surface area (Å²) >= 11 is 0. The zero-order chi connectivity index (χ0) is 12.1. The molecule has 1 heterocycles. The van der Waals surface area contributed by atoms with Crippen molar-refractivity contribution in [2.24, 2.45) is 0 Å². The summed E-state index contributed by atoms with van der Waals surface area (Å²) in [5.41, 5.74) is 2.19. The van der Waals surface area contributed by atoms with E-state index in [2.05, 4.69) is 16.4 Å². The Morgan fingerprint density at radius 3 is 2.94 bits per heavy atom. The van der Waals surface area contributed by atoms with Gasteiger partial charge >= 0.3 is 5.97 Å². The smallest absolute Gasteiger partial charge is 0.303 e. The molecule has 0 bridgehead atoms. The standard InChI is InChI=1S/C13H16N2O2/c16-13(17)7-3-4-8-14-12-9-15-11-6-2-1-5-10(11)12/h1-2,5-6,9,14-15H,3-4,7-8H2,(H,16,17). The highest BCUT2D eigenvalue weighted by Gasteiger charge is 2.01. The van der Waals surface area contributed by atoms with Crippen molar-refractivity contribution in [3.63, 3.8) is 0 Å². The Labute approximate surface area is 99.7 Å². The maximum Gasteiger partial charge on any atom is 0.303 e. The number of fused-ring (bicyclic) bond motifs is 1. The van der Waals surface area contributed by atoms with Crippen LogP contribution in [0, 0.1) is 0 Å². The number of nitrogens with one attached hydrogen (secondary N) is 2. The van der Waals surface area contributed by atoms with E-state index < -0.39 is 5.97 Å². The molecule has 0 unspecified atom stereocenters. The first kappa shape index (κ1) is 11.5. The summed E-state index contributed by atoms with van der Waals surface area (Å²) in [5.74, 6) is -0.725. The van der Waals surface area contributed by atoms with E-state index in [0.29, 0.717) is 6.42 Å². The van der Waals surface area contributed by atoms with Gasteiger partial charge in [-0.2, -0.15) is 0 Å². The van der Waals surface area contributed by atoms with Gasteiger partial charge in [0.1, 0.15) is 0 Å². The number of carbonyl (C=O) groups is 1. The molecular formula is C13H16N2O2. The predicted octanol–water partition coefficient (Wildman–Crippen LogP) is 2.83. The lowest BCUT2D eigenvalue weighted by molar-refractivity contribution is -0.137. The van der Waals surface area contributed by atoms with Gasteiger partial charge in [0.2, 0.25) is 0 Å². The van der Waals surface area contributed by atoms with E-state index in [0.717, 1.165) is 24.2 Å². The van der Waals surface area contributed by atoms with Crippen LogP contribution in [-0.4, -0.2) is 22.6 Å². The zero-order valence-corrected chi connectivity index (χ0v) is 9.57. The number of aromatic nitrogens is 1. The molecule has 0 fully saturated rings. The second-order valence-corrected chi connectivity index (χ2v) is 4.03. The summed E-state index contributed by atoms with van der Waals surface area (Å²) < 4.78 is 0. The first-order valence-corrected chi connectivity index (χ1v) is 5.79. The fourth-order valence-electron chi connectivity index (χ4n) is 1.84. The number of aromatic amines is 1. The lowest BCUT2D eigenvalue weighted by atomic mass is 10.2. The van der Waals surface area contributed by atoms with E-state index in [9.17, 15) is 4.79 Å². The highest BCUT2D eigenvalue weighted by molar-refractivity contribution is 5.92. The number of benzene rings is 1. The number of carboxylic acids is 1. The van der Waals surface area contributed by atoms with Crippen LogP contribution in [0.5, 0.6) is 0 Å². The minimum absolute atomic E-state index is 0.246. The van der Waals surface area contributed by atoms with Gasteiger partial charge in [-0.3, -0.25) is 4.79 Å². The third kappa shape index (κ3) is 3.00. The summed E-state index contributed by atoms with van der Waals surface area (Å²) in [6.45, 7) is 0.801. The number of H-pyrrole nitrogens is 1. The maximum absolute atomic E-state index is 10.3. The molecule has 0 saturated carbocycles. The van der Waals surface area contributed by atoms with Crippen molar-refractivity contribution < 1.29 is 9.90 Å². The number of rotatable bonds is 6. The van der Waals surface area contributed by atoms with Crippen LogP contribution in [0.4, 0.5) is 5.69 Å². The lowest BCUT2D eigenvalue weighted by Gasteiger charge is -2.03. The van der Waals surface area contributed by atoms with Gasteiger partial charge in [0.15, 0.2) is 0 Å². The van der Waals surface area contributed by atoms with E-state index in [1.165, 1.54) is 5.39 Å². The first-order chi connectivity index (χ1) is 8.27. The molecule has 4 nitrogen and oxygen atoms in total. The molecule has 2 rings (SSSR count). The molecule has 4 heteroatoms. The second-order valence-electron chi connectivity index (χ2n) is 4.03. The quantitative estimate of drug-likeness (QED) is 0.671. The minimum Gasteiger partial charge on any atom is -0.481 e. The first-order valence-electron chi connectivity index (χ1n) is 5.79. The van der Waals surface area contributed by atoms with Crippen molar-refractivity contribution in [1.82, 2.24) is 4.98 Å². The molecule has 17 heavy (non-hydrogen) atoms. The van der Waals surface area contributed by atoms with Crippen LogP contribution in [0.1, 0.15) is 19.3 Å². The summed E-state index contributed by atoms with van der Waals surface area (Å²) in [6.07, 6.45) is 3.77. The third-order valence-electron chi connectivity index (χ3n) is 2.72. The molecular weight excluding hydrogens is 216 g/mol. The minimum atomic E-state index is -0.725. The van der Waals surface area contributed by atoms with Crippen molar-refractivity contribution in [2.45, 2.75) is 19.3 Å². The van der Waals surface area contributed by atoms with Crippen LogP contribution in [-0.2, 0) is 4.79 Å². The Kier molecular flexibility index (Phi) is 3.65. The van der Waals surface area contributed by atoms with E-state index in [-0.39, 0.29) is 6.42 Å². The highest BCUT2D eigenvalue weighted by Crippen LogP contribution is 2.22. The van der Waals surface area contributed by atoms with Gasteiger partial charge in [-0.1, -0.05) is 18.2 Å². The zero-order valence-electron chi connectivity index (χ0n) is 9.57. The Balaban J connectivity index is 1.85. The van der Waals surface area contributed by atoms with Crippen molar-refractivity contribution in [2.75, 3.05) is 11.9 Å². The fraction of sp³-hybridized carbons (Fsp3) is 0.308. The largest absolute Gasteiger partial charge is 0.481 e. The average molecular weight is 232 g/mol. The van der Waals surface area contributed by atoms with E-state index in [1.54, 1.807) is 0 Å². The molecule has 2 aromatic rings. The number of unbranched alkanes of at least 4 members (excludes halogenated alkanes) is 1. The van der Waals surface area contributed by atoms with Gasteiger partial charge < -0.3 is 15.4 Å². The fourth-order valence-corrected chi connectivity index (χ4v) is 1.84. The van der Waals surface area contributed by atoms with Crippen LogP contribution in [0.3, 0.4) is 0 Å². The Morgan fingerprint density at radius 2 is 2.12 bits per heavy atom. The summed E-state index contributed by atoms with van der Waals surface area (Å²) in [7, 11) is 0. The Bertz CT molecular complexity index is 505. The topological polar surface area (TPSA) is 65.1 Å². The monoisotopic (exact) mass is 232 g/mol. The van der Waals surface area contributed by atoms with Gasteiger partial charge in [0.05, 0.1) is 5.69 Å². The molecule has 0 spiro atoms. The number of hydrogen-bond acceptors (Lipinski definition) is 2. The molecule has 1 aromatic carbocycles. The van der Waals surface area contributed by atoms with Crippen LogP contribution in [0.2, 0.25) is 0 Å². The SMILES string of the molecule is O=C(O)CCCCNc1c[nH]c2ccccc12. The molecule has 0 aliphatic heterocycles. The van der Waals surface area contributed by atoms with Crippen molar-refractivity contribution in [3.05, 3.63) is 30.5 Å². The molecule has 0 aliphatic carbocycles. The van der Waals surface area contributed by atoms with Crippen LogP contribution >= 0.6 is 0 Å². The number of carboxylic acid groups (broad SMARTS) is 1. The van der Waals surface area contributed by atoms with Gasteiger partial charge in [0, 0.05) is 30.1 Å². The summed E-state index contributed by atoms with van der Waals surface area (Å²) in [6, 6.07) is 8.09. The summed E-state index contributed by atoms with van der Waals surface area (Å²) in [4.78, 5) is 13.5. The predicted molar refractivity (Wildman–Crippen MR) is 68.3 cm³/mol. The van der Waals surface area contributed by atoms with Gasteiger partial charge in [-0.15, -0.1) is 0 Å². The van der Waals surface area contributed by atoms with Crippen molar-refractivity contribution in [1.29, 1.82) is 0 Å². The maximum atomic E-state index is 10.3. The lowest BCUT2D eigenvalue weighted by Crippen LogP contribution is -2.02. The molecule has 3 N–H and O–H groups in total. The highest BCUT2D eigenvalue weighted by atomic mass is 16.4. The van der Waals surface area contributed by atoms with Crippen molar-refractivity contribution in [3.8, 4) is 0 Å². The molecule has 0 amide bonds. The normalized spacial score (nSPS) is 10.6. The number of para-hydroxylation sites is 1. The number of hydrogen-bond donors (Lipinski definition) is 3. The third-order valence-corrected chi connectivity index (χ3v) is 2.72. The molecule has 0 aliphatic rings. The van der Waals surface area contributed by atoms with Crippen LogP contribution in [0.15, 0.2) is 30.5 Å². The van der Waals surface area contributed by atoms with Crippen LogP contribution < -0.4 is 5.32 Å². The Morgan fingerprint density at radius 1 is 1.29 bits per heavy atom. The second kappa shape index (κ2) is 5.39. The molecule has 0 saturated heterocycles. The molecule has 90 valence electrons.